The maximum atomic E-state index is 4.37. The minimum atomic E-state index is 0.981. The topological polar surface area (TPSA) is 16.1 Å². The number of pyridine rings is 1. The van der Waals surface area contributed by atoms with Crippen LogP contribution in [0.5, 0.6) is 0 Å². The number of hydrogen-bond acceptors (Lipinski definition) is 2. The Kier molecular flexibility index (Phi) is 3.59. The Labute approximate surface area is 114 Å². The summed E-state index contributed by atoms with van der Waals surface area (Å²) in [5.74, 6) is 0. The summed E-state index contributed by atoms with van der Waals surface area (Å²) in [7, 11) is 0. The number of aromatic nitrogens is 1. The van der Waals surface area contributed by atoms with Crippen molar-refractivity contribution < 1.29 is 0 Å². The van der Waals surface area contributed by atoms with Crippen LogP contribution in [0.25, 0.3) is 6.08 Å². The van der Waals surface area contributed by atoms with Crippen LogP contribution >= 0.6 is 0 Å². The molecule has 1 aromatic carbocycles. The molecule has 0 unspecified atom stereocenters. The molecule has 1 aliphatic heterocycles. The fraction of sp³-hybridized carbons (Fsp3) is 0.235. The second-order valence-electron chi connectivity index (χ2n) is 4.92. The molecule has 2 nitrogen and oxygen atoms in total. The Hall–Kier alpha value is -2.09. The van der Waals surface area contributed by atoms with Crippen molar-refractivity contribution in [3.63, 3.8) is 0 Å². The molecule has 0 atom stereocenters. The zero-order valence-electron chi connectivity index (χ0n) is 11.0. The van der Waals surface area contributed by atoms with Gasteiger partial charge in [-0.15, -0.1) is 0 Å². The van der Waals surface area contributed by atoms with Crippen molar-refractivity contribution in [3.05, 3.63) is 71.7 Å². The van der Waals surface area contributed by atoms with Gasteiger partial charge in [-0.2, -0.15) is 0 Å². The van der Waals surface area contributed by atoms with E-state index in [0.29, 0.717) is 0 Å². The molecule has 2 aromatic rings. The molecule has 96 valence electrons. The van der Waals surface area contributed by atoms with Gasteiger partial charge in [0.25, 0.3) is 0 Å². The largest absolute Gasteiger partial charge is 0.373 e. The zero-order valence-corrected chi connectivity index (χ0v) is 11.0. The first kappa shape index (κ1) is 12.0. The van der Waals surface area contributed by atoms with Crippen LogP contribution < -0.4 is 0 Å². The predicted molar refractivity (Wildman–Crippen MR) is 78.4 cm³/mol. The van der Waals surface area contributed by atoms with Gasteiger partial charge < -0.3 is 4.90 Å². The molecule has 0 radical (unpaired) electrons. The van der Waals surface area contributed by atoms with Crippen LogP contribution in [0.3, 0.4) is 0 Å². The summed E-state index contributed by atoms with van der Waals surface area (Å²) in [6, 6.07) is 14.9. The van der Waals surface area contributed by atoms with E-state index in [1.54, 1.807) is 0 Å². The molecule has 2 heteroatoms. The van der Waals surface area contributed by atoms with E-state index in [9.17, 15) is 0 Å². The second kappa shape index (κ2) is 5.70. The standard InChI is InChI=1S/C17H18N2/c1-2-6-15(7-3-1)8-5-12-19-13-10-17-16(14-19)9-4-11-18-17/h1-4,6-7,9-11,13H,5,8,12,14H2. The van der Waals surface area contributed by atoms with E-state index in [0.717, 1.165) is 25.2 Å². The summed E-state index contributed by atoms with van der Waals surface area (Å²) in [5.41, 5.74) is 3.86. The van der Waals surface area contributed by atoms with Crippen LogP contribution in [0.2, 0.25) is 0 Å². The van der Waals surface area contributed by atoms with Gasteiger partial charge in [-0.25, -0.2) is 0 Å². The van der Waals surface area contributed by atoms with E-state index in [1.807, 2.05) is 12.3 Å². The number of hydrogen-bond donors (Lipinski definition) is 0. The summed E-state index contributed by atoms with van der Waals surface area (Å²) < 4.78 is 0. The van der Waals surface area contributed by atoms with Crippen molar-refractivity contribution in [2.75, 3.05) is 6.54 Å². The molecule has 0 spiro atoms. The van der Waals surface area contributed by atoms with Gasteiger partial charge in [-0.3, -0.25) is 4.98 Å². The summed E-state index contributed by atoms with van der Waals surface area (Å²) in [5, 5.41) is 0. The number of rotatable bonds is 4. The molecule has 3 rings (SSSR count). The molecule has 0 aliphatic carbocycles. The summed E-state index contributed by atoms with van der Waals surface area (Å²) in [4.78, 5) is 6.74. The van der Waals surface area contributed by atoms with Crippen molar-refractivity contribution in [2.45, 2.75) is 19.4 Å². The van der Waals surface area contributed by atoms with Crippen LogP contribution in [0.15, 0.2) is 54.9 Å². The quantitative estimate of drug-likeness (QED) is 0.825. The fourth-order valence-electron chi connectivity index (χ4n) is 2.47. The van der Waals surface area contributed by atoms with E-state index in [1.165, 1.54) is 17.5 Å². The van der Waals surface area contributed by atoms with E-state index in [2.05, 4.69) is 58.6 Å². The Morgan fingerprint density at radius 3 is 2.84 bits per heavy atom. The van der Waals surface area contributed by atoms with Gasteiger partial charge in [-0.1, -0.05) is 36.4 Å². The van der Waals surface area contributed by atoms with Crippen molar-refractivity contribution >= 4 is 6.08 Å². The summed E-state index contributed by atoms with van der Waals surface area (Å²) >= 11 is 0. The zero-order chi connectivity index (χ0) is 12.9. The Balaban J connectivity index is 1.53. The number of aryl methyl sites for hydroxylation is 1. The lowest BCUT2D eigenvalue weighted by Gasteiger charge is -2.24. The highest BCUT2D eigenvalue weighted by molar-refractivity contribution is 5.50. The van der Waals surface area contributed by atoms with Crippen LogP contribution in [0, 0.1) is 0 Å². The normalized spacial score (nSPS) is 13.4. The maximum absolute atomic E-state index is 4.37. The Morgan fingerprint density at radius 1 is 1.05 bits per heavy atom. The summed E-state index contributed by atoms with van der Waals surface area (Å²) in [6.07, 6.45) is 8.46. The van der Waals surface area contributed by atoms with Crippen molar-refractivity contribution in [1.29, 1.82) is 0 Å². The van der Waals surface area contributed by atoms with Crippen molar-refractivity contribution in [2.24, 2.45) is 0 Å². The first-order chi connectivity index (χ1) is 9.42. The van der Waals surface area contributed by atoms with Crippen molar-refractivity contribution in [3.8, 4) is 0 Å². The smallest absolute Gasteiger partial charge is 0.0693 e. The van der Waals surface area contributed by atoms with Crippen LogP contribution in [-0.2, 0) is 13.0 Å². The number of nitrogens with zero attached hydrogens (tertiary/aromatic N) is 2. The molecule has 0 bridgehead atoms. The van der Waals surface area contributed by atoms with Crippen LogP contribution in [-0.4, -0.2) is 16.4 Å². The lowest BCUT2D eigenvalue weighted by Crippen LogP contribution is -2.21. The van der Waals surface area contributed by atoms with E-state index in [4.69, 9.17) is 0 Å². The minimum absolute atomic E-state index is 0.981. The molecule has 0 saturated heterocycles. The molecular formula is C17H18N2. The van der Waals surface area contributed by atoms with Gasteiger partial charge in [0, 0.05) is 25.5 Å². The number of fused-ring (bicyclic) bond motifs is 1. The number of benzene rings is 1. The third-order valence-corrected chi connectivity index (χ3v) is 3.50. The highest BCUT2D eigenvalue weighted by Crippen LogP contribution is 2.17. The lowest BCUT2D eigenvalue weighted by atomic mass is 10.1. The monoisotopic (exact) mass is 250 g/mol. The molecule has 0 saturated carbocycles. The predicted octanol–water partition coefficient (Wildman–Crippen LogP) is 3.50. The summed E-state index contributed by atoms with van der Waals surface area (Å²) in [6.45, 7) is 2.08. The highest BCUT2D eigenvalue weighted by Gasteiger charge is 2.10. The maximum Gasteiger partial charge on any atom is 0.0693 e. The highest BCUT2D eigenvalue weighted by atomic mass is 15.1. The Morgan fingerprint density at radius 2 is 1.95 bits per heavy atom. The molecular weight excluding hydrogens is 232 g/mol. The minimum Gasteiger partial charge on any atom is -0.373 e. The third kappa shape index (κ3) is 3.02. The fourth-order valence-corrected chi connectivity index (χ4v) is 2.47. The van der Waals surface area contributed by atoms with Gasteiger partial charge >= 0.3 is 0 Å². The van der Waals surface area contributed by atoms with Gasteiger partial charge in [0.15, 0.2) is 0 Å². The van der Waals surface area contributed by atoms with E-state index < -0.39 is 0 Å². The molecule has 0 N–H and O–H groups in total. The van der Waals surface area contributed by atoms with E-state index in [-0.39, 0.29) is 0 Å². The molecule has 0 fully saturated rings. The average molecular weight is 250 g/mol. The van der Waals surface area contributed by atoms with Gasteiger partial charge in [-0.05, 0) is 36.1 Å². The molecule has 0 amide bonds. The SMILES string of the molecule is C1=CN(CCCc2ccccc2)Cc2cccnc21. The molecule has 2 heterocycles. The third-order valence-electron chi connectivity index (χ3n) is 3.50. The molecule has 1 aromatic heterocycles. The van der Waals surface area contributed by atoms with Gasteiger partial charge in [0.05, 0.1) is 5.69 Å². The average Bonchev–Trinajstić information content (AvgIpc) is 2.48. The van der Waals surface area contributed by atoms with Crippen LogP contribution in [0.1, 0.15) is 23.2 Å². The van der Waals surface area contributed by atoms with Crippen molar-refractivity contribution in [1.82, 2.24) is 9.88 Å². The van der Waals surface area contributed by atoms with Crippen LogP contribution in [0.4, 0.5) is 0 Å². The first-order valence-corrected chi connectivity index (χ1v) is 6.82. The Bertz CT molecular complexity index is 560. The lowest BCUT2D eigenvalue weighted by molar-refractivity contribution is 0.359. The molecule has 1 aliphatic rings. The molecule has 19 heavy (non-hydrogen) atoms. The van der Waals surface area contributed by atoms with Gasteiger partial charge in [0.1, 0.15) is 0 Å². The van der Waals surface area contributed by atoms with E-state index >= 15 is 0 Å². The van der Waals surface area contributed by atoms with Gasteiger partial charge in [0.2, 0.25) is 0 Å². The first-order valence-electron chi connectivity index (χ1n) is 6.82. The second-order valence-corrected chi connectivity index (χ2v) is 4.92.